The largest absolute Gasteiger partial charge is 0.493 e. The van der Waals surface area contributed by atoms with Crippen LogP contribution in [0.25, 0.3) is 0 Å². The smallest absolute Gasteiger partial charge is 0.253 e. The number of rotatable bonds is 9. The van der Waals surface area contributed by atoms with E-state index in [9.17, 15) is 9.59 Å². The van der Waals surface area contributed by atoms with Crippen molar-refractivity contribution >= 4 is 64.2 Å². The normalized spacial score (nSPS) is 13.4. The van der Waals surface area contributed by atoms with Gasteiger partial charge in [-0.15, -0.1) is 0 Å². The number of amides is 2. The lowest BCUT2D eigenvalue weighted by Gasteiger charge is -2.16. The van der Waals surface area contributed by atoms with Crippen molar-refractivity contribution < 1.29 is 19.2 Å². The Labute approximate surface area is 242 Å². The van der Waals surface area contributed by atoms with E-state index < -0.39 is 6.10 Å². The monoisotopic (exact) mass is 590 g/mol. The first kappa shape index (κ1) is 30.4. The molecule has 3 aromatic carbocycles. The molecule has 1 heterocycles. The van der Waals surface area contributed by atoms with Gasteiger partial charge in [-0.3, -0.25) is 14.4 Å². The third-order valence-electron chi connectivity index (χ3n) is 5.64. The van der Waals surface area contributed by atoms with Crippen LogP contribution in [0.4, 0.5) is 11.4 Å². The predicted molar refractivity (Wildman–Crippen MR) is 157 cm³/mol. The van der Waals surface area contributed by atoms with Crippen molar-refractivity contribution in [3.63, 3.8) is 0 Å². The Morgan fingerprint density at radius 1 is 1.10 bits per heavy atom. The minimum atomic E-state index is -0.794. The van der Waals surface area contributed by atoms with Crippen molar-refractivity contribution in [1.82, 2.24) is 0 Å². The van der Waals surface area contributed by atoms with E-state index in [0.29, 0.717) is 28.4 Å². The standard InChI is InChI=1S/C17H13Cl3N4O3.C11H16O/c18-10-5-12(19)16(13(20)6-10)24-15(26)7-14(23-24)17(27-21)9-2-1-3-11(4-9)22-8-25;1-4-7-12-11-6-5-9(2)8-10(11)3/h1-6,8,17H,7,21H2,(H,22,25);5-6,8H,4,7H2,1-3H3. The summed E-state index contributed by atoms with van der Waals surface area (Å²) < 4.78 is 5.54. The van der Waals surface area contributed by atoms with Gasteiger partial charge in [0.1, 0.15) is 17.5 Å². The van der Waals surface area contributed by atoms with Crippen LogP contribution < -0.4 is 21.0 Å². The molecule has 39 heavy (non-hydrogen) atoms. The van der Waals surface area contributed by atoms with Crippen molar-refractivity contribution in [1.29, 1.82) is 0 Å². The fraction of sp³-hybridized carbons (Fsp3) is 0.250. The summed E-state index contributed by atoms with van der Waals surface area (Å²) in [6, 6.07) is 16.0. The van der Waals surface area contributed by atoms with Crippen LogP contribution in [0.15, 0.2) is 59.7 Å². The number of anilines is 2. The number of hydrogen-bond donors (Lipinski definition) is 2. The minimum absolute atomic E-state index is 0.0392. The molecule has 1 atom stereocenters. The second-order valence-corrected chi connectivity index (χ2v) is 9.96. The molecule has 1 aliphatic heterocycles. The third-order valence-corrected chi connectivity index (χ3v) is 6.43. The second-order valence-electron chi connectivity index (χ2n) is 8.71. The quantitative estimate of drug-likeness (QED) is 0.205. The van der Waals surface area contributed by atoms with Crippen molar-refractivity contribution in [2.75, 3.05) is 16.9 Å². The lowest BCUT2D eigenvalue weighted by Crippen LogP contribution is -2.21. The van der Waals surface area contributed by atoms with Crippen LogP contribution >= 0.6 is 34.8 Å². The second kappa shape index (κ2) is 14.3. The lowest BCUT2D eigenvalue weighted by atomic mass is 10.0. The van der Waals surface area contributed by atoms with Crippen LogP contribution in [0.5, 0.6) is 5.75 Å². The number of nitrogens with zero attached hydrogens (tertiary/aromatic N) is 2. The molecule has 0 aromatic heterocycles. The summed E-state index contributed by atoms with van der Waals surface area (Å²) in [4.78, 5) is 28.2. The van der Waals surface area contributed by atoms with E-state index in [0.717, 1.165) is 23.8 Å². The molecule has 1 aliphatic rings. The number of nitrogens with two attached hydrogens (primary N) is 1. The van der Waals surface area contributed by atoms with Gasteiger partial charge in [0.15, 0.2) is 0 Å². The summed E-state index contributed by atoms with van der Waals surface area (Å²) in [6.45, 7) is 7.10. The van der Waals surface area contributed by atoms with Gasteiger partial charge < -0.3 is 10.1 Å². The Kier molecular flexibility index (Phi) is 11.2. The van der Waals surface area contributed by atoms with Gasteiger partial charge in [-0.1, -0.05) is 71.6 Å². The average molecular weight is 592 g/mol. The molecule has 1 unspecified atom stereocenters. The first-order chi connectivity index (χ1) is 18.7. The Hall–Kier alpha value is -3.14. The molecular weight excluding hydrogens is 563 g/mol. The fourth-order valence-electron chi connectivity index (χ4n) is 3.89. The van der Waals surface area contributed by atoms with Crippen LogP contribution in [-0.4, -0.2) is 24.6 Å². The Balaban J connectivity index is 0.000000293. The van der Waals surface area contributed by atoms with E-state index in [1.54, 1.807) is 24.3 Å². The molecule has 0 saturated heterocycles. The van der Waals surface area contributed by atoms with Crippen molar-refractivity contribution in [3.8, 4) is 5.75 Å². The summed E-state index contributed by atoms with van der Waals surface area (Å²) in [7, 11) is 0. The summed E-state index contributed by atoms with van der Waals surface area (Å²) in [6.07, 6.45) is 0.785. The highest BCUT2D eigenvalue weighted by Crippen LogP contribution is 2.39. The van der Waals surface area contributed by atoms with Gasteiger partial charge >= 0.3 is 0 Å². The van der Waals surface area contributed by atoms with Crippen molar-refractivity contribution in [3.05, 3.63) is 86.4 Å². The van der Waals surface area contributed by atoms with Gasteiger partial charge in [0.2, 0.25) is 6.41 Å². The first-order valence-corrected chi connectivity index (χ1v) is 13.2. The lowest BCUT2D eigenvalue weighted by molar-refractivity contribution is -0.117. The number of carbonyl (C=O) groups is 2. The van der Waals surface area contributed by atoms with Crippen LogP contribution in [0.3, 0.4) is 0 Å². The molecule has 4 rings (SSSR count). The molecule has 2 amide bonds. The van der Waals surface area contributed by atoms with Gasteiger partial charge in [0, 0.05) is 10.7 Å². The highest BCUT2D eigenvalue weighted by atomic mass is 35.5. The van der Waals surface area contributed by atoms with Gasteiger partial charge in [0.05, 0.1) is 28.8 Å². The van der Waals surface area contributed by atoms with Gasteiger partial charge in [-0.05, 0) is 61.7 Å². The maximum atomic E-state index is 12.5. The molecular formula is C28H29Cl3N4O4. The number of hydrogen-bond acceptors (Lipinski definition) is 6. The first-order valence-electron chi connectivity index (χ1n) is 12.1. The molecule has 0 fully saturated rings. The molecule has 206 valence electrons. The minimum Gasteiger partial charge on any atom is -0.493 e. The van der Waals surface area contributed by atoms with Crippen molar-refractivity contribution in [2.24, 2.45) is 11.0 Å². The number of carbonyl (C=O) groups excluding carboxylic acids is 2. The number of halogens is 3. The molecule has 3 aromatic rings. The van der Waals surface area contributed by atoms with Crippen LogP contribution in [0.1, 0.15) is 42.6 Å². The number of nitrogens with one attached hydrogen (secondary N) is 1. The van der Waals surface area contributed by atoms with Crippen LogP contribution in [0, 0.1) is 13.8 Å². The van der Waals surface area contributed by atoms with E-state index in [2.05, 4.69) is 43.3 Å². The van der Waals surface area contributed by atoms with E-state index >= 15 is 0 Å². The zero-order valence-electron chi connectivity index (χ0n) is 21.7. The average Bonchev–Trinajstić information content (AvgIpc) is 3.25. The zero-order valence-corrected chi connectivity index (χ0v) is 24.0. The maximum Gasteiger partial charge on any atom is 0.253 e. The molecule has 0 aliphatic carbocycles. The van der Waals surface area contributed by atoms with Crippen LogP contribution in [-0.2, 0) is 14.4 Å². The van der Waals surface area contributed by atoms with E-state index in [1.807, 2.05) is 6.07 Å². The summed E-state index contributed by atoms with van der Waals surface area (Å²) in [5.41, 5.74) is 4.28. The molecule has 0 radical (unpaired) electrons. The molecule has 0 spiro atoms. The number of hydrazone groups is 1. The summed E-state index contributed by atoms with van der Waals surface area (Å²) in [5, 5.41) is 8.67. The molecule has 0 bridgehead atoms. The Bertz CT molecular complexity index is 1340. The summed E-state index contributed by atoms with van der Waals surface area (Å²) >= 11 is 18.3. The highest BCUT2D eigenvalue weighted by Gasteiger charge is 2.33. The summed E-state index contributed by atoms with van der Waals surface area (Å²) in [5.74, 6) is 6.12. The van der Waals surface area contributed by atoms with E-state index in [4.69, 9.17) is 50.3 Å². The maximum absolute atomic E-state index is 12.5. The Morgan fingerprint density at radius 2 is 1.82 bits per heavy atom. The number of aryl methyl sites for hydroxylation is 2. The molecule has 8 nitrogen and oxygen atoms in total. The van der Waals surface area contributed by atoms with Gasteiger partial charge in [-0.2, -0.15) is 10.1 Å². The fourth-order valence-corrected chi connectivity index (χ4v) is 4.87. The highest BCUT2D eigenvalue weighted by molar-refractivity contribution is 6.42. The third kappa shape index (κ3) is 7.94. The number of benzene rings is 3. The molecule has 11 heteroatoms. The molecule has 0 saturated carbocycles. The van der Waals surface area contributed by atoms with E-state index in [1.165, 1.54) is 23.3 Å². The zero-order chi connectivity index (χ0) is 28.5. The predicted octanol–water partition coefficient (Wildman–Crippen LogP) is 7.03. The van der Waals surface area contributed by atoms with Crippen LogP contribution in [0.2, 0.25) is 15.1 Å². The Morgan fingerprint density at radius 3 is 2.44 bits per heavy atom. The van der Waals surface area contributed by atoms with Gasteiger partial charge in [-0.25, -0.2) is 5.90 Å². The van der Waals surface area contributed by atoms with E-state index in [-0.39, 0.29) is 28.1 Å². The topological polar surface area (TPSA) is 106 Å². The molecule has 3 N–H and O–H groups in total. The van der Waals surface area contributed by atoms with Gasteiger partial charge in [0.25, 0.3) is 5.91 Å². The SMILES string of the molecule is CCCOc1ccc(C)cc1C.NOC(C1=NN(c2c(Cl)cc(Cl)cc2Cl)C(=O)C1)c1cccc(NC=O)c1. The number of ether oxygens (including phenoxy) is 1. The van der Waals surface area contributed by atoms with Crippen molar-refractivity contribution in [2.45, 2.75) is 39.7 Å².